The first-order valence-electron chi connectivity index (χ1n) is 9.33. The van der Waals surface area contributed by atoms with Gasteiger partial charge >= 0.3 is 0 Å². The predicted octanol–water partition coefficient (Wildman–Crippen LogP) is 7.28. The summed E-state index contributed by atoms with van der Waals surface area (Å²) in [7, 11) is 0. The number of phenols is 1. The fourth-order valence-electron chi connectivity index (χ4n) is 2.81. The van der Waals surface area contributed by atoms with Crippen molar-refractivity contribution in [3.63, 3.8) is 0 Å². The lowest BCUT2D eigenvalue weighted by Crippen LogP contribution is -1.79. The first kappa shape index (κ1) is 19.5. The van der Waals surface area contributed by atoms with Crippen molar-refractivity contribution in [1.82, 2.24) is 0 Å². The molecule has 1 heteroatoms. The lowest BCUT2D eigenvalue weighted by Gasteiger charge is -1.99. The van der Waals surface area contributed by atoms with Crippen molar-refractivity contribution in [2.45, 2.75) is 34.1 Å². The highest BCUT2D eigenvalue weighted by atomic mass is 16.3. The van der Waals surface area contributed by atoms with Gasteiger partial charge in [-0.3, -0.25) is 0 Å². The quantitative estimate of drug-likeness (QED) is 0.384. The van der Waals surface area contributed by atoms with E-state index in [9.17, 15) is 5.11 Å². The Morgan fingerprint density at radius 2 is 1.23 bits per heavy atom. The number of aryl methyl sites for hydroxylation is 2. The van der Waals surface area contributed by atoms with Crippen LogP contribution >= 0.6 is 0 Å². The second-order valence-corrected chi connectivity index (χ2v) is 6.07. The number of phenolic OH excluding ortho intramolecular Hbond substituents is 1. The Balaban J connectivity index is 0.000000171. The molecule has 0 spiro atoms. The highest BCUT2D eigenvalue weighted by Gasteiger charge is 1.94. The number of rotatable bonds is 1. The van der Waals surface area contributed by atoms with E-state index in [0.717, 1.165) is 11.8 Å². The zero-order valence-electron chi connectivity index (χ0n) is 16.2. The molecule has 0 heterocycles. The summed E-state index contributed by atoms with van der Waals surface area (Å²) in [6, 6.07) is 26.7. The number of fused-ring (bicyclic) bond motifs is 2. The first-order valence-corrected chi connectivity index (χ1v) is 9.33. The molecule has 1 nitrogen and oxygen atoms in total. The van der Waals surface area contributed by atoms with Gasteiger partial charge in [0.2, 0.25) is 0 Å². The van der Waals surface area contributed by atoms with Gasteiger partial charge in [0.25, 0.3) is 0 Å². The summed E-state index contributed by atoms with van der Waals surface area (Å²) in [5.41, 5.74) is 2.65. The molecule has 0 aliphatic rings. The van der Waals surface area contributed by atoms with Crippen LogP contribution < -0.4 is 0 Å². The van der Waals surface area contributed by atoms with Crippen LogP contribution in [0, 0.1) is 6.92 Å². The number of aromatic hydroxyl groups is 1. The molecular formula is C25H28O. The standard InChI is InChI=1S/C12H12.C11H10O.C2H6/c1-2-10-7-8-11-5-3-4-6-12(11)9-10;1-8-2-3-10-7-11(12)5-4-9(10)6-8;1-2/h3-9H,2H2,1H3;2-7,12H,1H3;1-2H3. The minimum atomic E-state index is 0.325. The summed E-state index contributed by atoms with van der Waals surface area (Å²) in [5.74, 6) is 0.325. The van der Waals surface area contributed by atoms with Crippen molar-refractivity contribution in [3.05, 3.63) is 90.0 Å². The Labute approximate surface area is 156 Å². The molecular weight excluding hydrogens is 316 g/mol. The zero-order valence-corrected chi connectivity index (χ0v) is 16.2. The van der Waals surface area contributed by atoms with Gasteiger partial charge in [-0.05, 0) is 52.6 Å². The maximum atomic E-state index is 9.20. The fourth-order valence-corrected chi connectivity index (χ4v) is 2.81. The Morgan fingerprint density at radius 3 is 1.96 bits per heavy atom. The van der Waals surface area contributed by atoms with Crippen molar-refractivity contribution in [3.8, 4) is 5.75 Å². The molecule has 0 radical (unpaired) electrons. The molecule has 0 atom stereocenters. The SMILES string of the molecule is CC.CCc1ccc2ccccc2c1.Cc1ccc2cc(O)ccc2c1. The van der Waals surface area contributed by atoms with Gasteiger partial charge in [-0.25, -0.2) is 0 Å². The van der Waals surface area contributed by atoms with E-state index in [0.29, 0.717) is 5.75 Å². The van der Waals surface area contributed by atoms with Gasteiger partial charge in [0.15, 0.2) is 0 Å². The molecule has 0 unspecified atom stereocenters. The minimum Gasteiger partial charge on any atom is -0.508 e. The van der Waals surface area contributed by atoms with Crippen LogP contribution in [0.3, 0.4) is 0 Å². The number of benzene rings is 4. The Bertz CT molecular complexity index is 929. The smallest absolute Gasteiger partial charge is 0.116 e. The topological polar surface area (TPSA) is 20.2 Å². The van der Waals surface area contributed by atoms with Crippen molar-refractivity contribution >= 4 is 21.5 Å². The predicted molar refractivity (Wildman–Crippen MR) is 115 cm³/mol. The van der Waals surface area contributed by atoms with E-state index in [2.05, 4.69) is 62.4 Å². The van der Waals surface area contributed by atoms with Crippen molar-refractivity contribution in [1.29, 1.82) is 0 Å². The summed E-state index contributed by atoms with van der Waals surface area (Å²) in [6.07, 6.45) is 1.12. The molecule has 0 saturated carbocycles. The molecule has 0 bridgehead atoms. The maximum absolute atomic E-state index is 9.20. The van der Waals surface area contributed by atoms with E-state index in [-0.39, 0.29) is 0 Å². The minimum absolute atomic E-state index is 0.325. The molecule has 26 heavy (non-hydrogen) atoms. The summed E-state index contributed by atoms with van der Waals surface area (Å²) < 4.78 is 0. The van der Waals surface area contributed by atoms with Crippen LogP contribution in [-0.2, 0) is 6.42 Å². The van der Waals surface area contributed by atoms with E-state index >= 15 is 0 Å². The van der Waals surface area contributed by atoms with E-state index in [1.165, 1.54) is 27.3 Å². The van der Waals surface area contributed by atoms with E-state index in [1.807, 2.05) is 32.0 Å². The van der Waals surface area contributed by atoms with Crippen LogP contribution in [0.2, 0.25) is 0 Å². The average Bonchev–Trinajstić information content (AvgIpc) is 2.70. The molecule has 4 aromatic rings. The molecule has 0 amide bonds. The van der Waals surface area contributed by atoms with Crippen molar-refractivity contribution in [2.75, 3.05) is 0 Å². The van der Waals surface area contributed by atoms with Gasteiger partial charge in [0, 0.05) is 0 Å². The van der Waals surface area contributed by atoms with Crippen molar-refractivity contribution < 1.29 is 5.11 Å². The fraction of sp³-hybridized carbons (Fsp3) is 0.200. The van der Waals surface area contributed by atoms with Gasteiger partial charge in [-0.2, -0.15) is 0 Å². The van der Waals surface area contributed by atoms with Gasteiger partial charge in [0.1, 0.15) is 5.75 Å². The van der Waals surface area contributed by atoms with Crippen LogP contribution in [0.4, 0.5) is 0 Å². The summed E-state index contributed by atoms with van der Waals surface area (Å²) >= 11 is 0. The lowest BCUT2D eigenvalue weighted by atomic mass is 10.1. The van der Waals surface area contributed by atoms with E-state index in [1.54, 1.807) is 12.1 Å². The molecule has 1 N–H and O–H groups in total. The van der Waals surface area contributed by atoms with Crippen LogP contribution in [0.25, 0.3) is 21.5 Å². The first-order chi connectivity index (χ1) is 12.7. The van der Waals surface area contributed by atoms with Gasteiger partial charge < -0.3 is 5.11 Å². The third kappa shape index (κ3) is 5.10. The average molecular weight is 344 g/mol. The third-order valence-corrected chi connectivity index (χ3v) is 4.20. The summed E-state index contributed by atoms with van der Waals surface area (Å²) in [4.78, 5) is 0. The Morgan fingerprint density at radius 1 is 0.654 bits per heavy atom. The molecule has 0 aliphatic carbocycles. The van der Waals surface area contributed by atoms with E-state index < -0.39 is 0 Å². The zero-order chi connectivity index (χ0) is 18.9. The lowest BCUT2D eigenvalue weighted by molar-refractivity contribution is 0.476. The van der Waals surface area contributed by atoms with Gasteiger partial charge in [0.05, 0.1) is 0 Å². The second-order valence-electron chi connectivity index (χ2n) is 6.07. The number of hydrogen-bond donors (Lipinski definition) is 1. The van der Waals surface area contributed by atoms with Crippen LogP contribution in [-0.4, -0.2) is 5.11 Å². The summed E-state index contributed by atoms with van der Waals surface area (Å²) in [6.45, 7) is 8.25. The molecule has 0 fully saturated rings. The van der Waals surface area contributed by atoms with Crippen LogP contribution in [0.1, 0.15) is 31.9 Å². The second kappa shape index (κ2) is 9.62. The molecule has 4 aromatic carbocycles. The van der Waals surface area contributed by atoms with Crippen LogP contribution in [0.5, 0.6) is 5.75 Å². The highest BCUT2D eigenvalue weighted by Crippen LogP contribution is 2.20. The van der Waals surface area contributed by atoms with Crippen LogP contribution in [0.15, 0.2) is 78.9 Å². The normalized spacial score (nSPS) is 9.85. The van der Waals surface area contributed by atoms with Gasteiger partial charge in [-0.1, -0.05) is 93.1 Å². The Hall–Kier alpha value is -2.80. The maximum Gasteiger partial charge on any atom is 0.116 e. The monoisotopic (exact) mass is 344 g/mol. The van der Waals surface area contributed by atoms with E-state index in [4.69, 9.17) is 0 Å². The molecule has 0 aromatic heterocycles. The summed E-state index contributed by atoms with van der Waals surface area (Å²) in [5, 5.41) is 14.1. The van der Waals surface area contributed by atoms with Crippen molar-refractivity contribution in [2.24, 2.45) is 0 Å². The number of hydrogen-bond acceptors (Lipinski definition) is 1. The highest BCUT2D eigenvalue weighted by molar-refractivity contribution is 5.84. The van der Waals surface area contributed by atoms with Gasteiger partial charge in [-0.15, -0.1) is 0 Å². The largest absolute Gasteiger partial charge is 0.508 e. The molecule has 4 rings (SSSR count). The molecule has 134 valence electrons. The molecule has 0 saturated heterocycles. The Kier molecular flexibility index (Phi) is 7.23. The third-order valence-electron chi connectivity index (χ3n) is 4.20. The molecule has 0 aliphatic heterocycles.